The maximum atomic E-state index is 13.2. The molecule has 39 heavy (non-hydrogen) atoms. The molecule has 0 saturated heterocycles. The van der Waals surface area contributed by atoms with Gasteiger partial charge in [0.25, 0.3) is 5.91 Å². The fourth-order valence-electron chi connectivity index (χ4n) is 4.46. The minimum absolute atomic E-state index is 0.0722. The first-order valence-corrected chi connectivity index (χ1v) is 13.2. The van der Waals surface area contributed by atoms with Crippen LogP contribution in [0.25, 0.3) is 0 Å². The first-order chi connectivity index (χ1) is 18.8. The summed E-state index contributed by atoms with van der Waals surface area (Å²) in [7, 11) is 3.21. The van der Waals surface area contributed by atoms with Gasteiger partial charge in [-0.1, -0.05) is 41.6 Å². The number of aryl methyl sites for hydroxylation is 1. The van der Waals surface area contributed by atoms with E-state index < -0.39 is 17.0 Å². The smallest absolute Gasteiger partial charge is 0.262 e. The summed E-state index contributed by atoms with van der Waals surface area (Å²) in [5.74, 6) is 0.188. The molecule has 0 saturated carbocycles. The van der Waals surface area contributed by atoms with Gasteiger partial charge >= 0.3 is 0 Å². The Bertz CT molecular complexity index is 1460. The second-order valence-corrected chi connectivity index (χ2v) is 10.4. The van der Waals surface area contributed by atoms with E-state index in [1.807, 2.05) is 49.4 Å². The molecule has 1 N–H and O–H groups in total. The van der Waals surface area contributed by atoms with E-state index >= 15 is 0 Å². The number of amides is 2. The summed E-state index contributed by atoms with van der Waals surface area (Å²) in [5.41, 5.74) is 4.17. The maximum absolute atomic E-state index is 13.2. The van der Waals surface area contributed by atoms with E-state index in [0.29, 0.717) is 28.8 Å². The number of ether oxygens (including phenoxy) is 2. The molecule has 0 bridgehead atoms. The minimum Gasteiger partial charge on any atom is -0.497 e. The highest BCUT2D eigenvalue weighted by molar-refractivity contribution is 8.15. The molecule has 2 atom stereocenters. The number of hydrogen-bond donors (Lipinski definition) is 1. The normalized spacial score (nSPS) is 18.6. The number of carbonyl (C=O) groups excluding carboxylic acids is 2. The van der Waals surface area contributed by atoms with Crippen molar-refractivity contribution in [2.75, 3.05) is 19.5 Å². The van der Waals surface area contributed by atoms with Crippen LogP contribution in [0.1, 0.15) is 35.6 Å². The van der Waals surface area contributed by atoms with Crippen LogP contribution in [0.4, 0.5) is 10.1 Å². The van der Waals surface area contributed by atoms with E-state index in [1.54, 1.807) is 19.2 Å². The standard InChI is InChI=1S/C29H27FN4O4S/c1-17-4-6-18(7-5-17)24-15-23(22-14-21(37-2)12-13-25(22)38-3)33-34(24)29-32-28(36)26(39-29)16-27(35)31-20-10-8-19(30)9-11-20/h4-14,24,26H,15-16H2,1-3H3,(H,31,35). The molecule has 200 valence electrons. The van der Waals surface area contributed by atoms with Crippen molar-refractivity contribution in [3.63, 3.8) is 0 Å². The minimum atomic E-state index is -0.690. The number of methoxy groups -OCH3 is 2. The molecule has 2 aliphatic heterocycles. The summed E-state index contributed by atoms with van der Waals surface area (Å²) in [6.45, 7) is 2.02. The average Bonchev–Trinajstić information content (AvgIpc) is 3.54. The van der Waals surface area contributed by atoms with Crippen molar-refractivity contribution >= 4 is 40.1 Å². The van der Waals surface area contributed by atoms with Gasteiger partial charge in [0.05, 0.1) is 26.0 Å². The van der Waals surface area contributed by atoms with Gasteiger partial charge in [-0.15, -0.1) is 0 Å². The fraction of sp³-hybridized carbons (Fsp3) is 0.241. The number of anilines is 1. The van der Waals surface area contributed by atoms with Gasteiger partial charge in [0, 0.05) is 24.1 Å². The topological polar surface area (TPSA) is 92.6 Å². The SMILES string of the molecule is COc1ccc(OC)c(C2=NN(C3=NC(=O)C(CC(=O)Nc4ccc(F)cc4)S3)C(c3ccc(C)cc3)C2)c1. The van der Waals surface area contributed by atoms with Crippen molar-refractivity contribution in [3.8, 4) is 11.5 Å². The lowest BCUT2D eigenvalue weighted by molar-refractivity contribution is -0.121. The van der Waals surface area contributed by atoms with Crippen LogP contribution in [0.15, 0.2) is 76.8 Å². The average molecular weight is 547 g/mol. The molecule has 8 nitrogen and oxygen atoms in total. The van der Waals surface area contributed by atoms with E-state index in [0.717, 1.165) is 22.4 Å². The number of halogens is 1. The summed E-state index contributed by atoms with van der Waals surface area (Å²) < 4.78 is 24.2. The lowest BCUT2D eigenvalue weighted by Crippen LogP contribution is -2.25. The summed E-state index contributed by atoms with van der Waals surface area (Å²) in [6.07, 6.45) is 0.479. The molecule has 3 aromatic rings. The molecular formula is C29H27FN4O4S. The van der Waals surface area contributed by atoms with Crippen molar-refractivity contribution < 1.29 is 23.5 Å². The molecule has 5 rings (SSSR count). The molecule has 0 radical (unpaired) electrons. The number of rotatable bonds is 7. The number of benzene rings is 3. The van der Waals surface area contributed by atoms with Gasteiger partial charge in [-0.05, 0) is 55.0 Å². The van der Waals surface area contributed by atoms with Gasteiger partial charge in [-0.2, -0.15) is 10.1 Å². The Balaban J connectivity index is 1.40. The molecule has 3 aromatic carbocycles. The largest absolute Gasteiger partial charge is 0.497 e. The molecule has 2 heterocycles. The number of nitrogens with one attached hydrogen (secondary N) is 1. The highest BCUT2D eigenvalue weighted by Gasteiger charge is 2.39. The lowest BCUT2D eigenvalue weighted by atomic mass is 9.97. The van der Waals surface area contributed by atoms with E-state index in [2.05, 4.69) is 10.3 Å². The molecule has 0 spiro atoms. The second kappa shape index (κ2) is 11.3. The van der Waals surface area contributed by atoms with Gasteiger partial charge in [-0.3, -0.25) is 9.59 Å². The van der Waals surface area contributed by atoms with Crippen LogP contribution < -0.4 is 14.8 Å². The lowest BCUT2D eigenvalue weighted by Gasteiger charge is -2.23. The van der Waals surface area contributed by atoms with Crippen molar-refractivity contribution in [2.45, 2.75) is 31.1 Å². The van der Waals surface area contributed by atoms with Crippen molar-refractivity contribution in [1.29, 1.82) is 0 Å². The number of hydrazone groups is 1. The molecule has 0 aliphatic carbocycles. The van der Waals surface area contributed by atoms with E-state index in [-0.39, 0.29) is 18.4 Å². The van der Waals surface area contributed by atoms with Crippen LogP contribution in [0, 0.1) is 12.7 Å². The molecular weight excluding hydrogens is 519 g/mol. The van der Waals surface area contributed by atoms with E-state index in [1.165, 1.54) is 36.0 Å². The van der Waals surface area contributed by atoms with E-state index in [9.17, 15) is 14.0 Å². The Hall–Kier alpha value is -4.18. The Labute approximate surface area is 229 Å². The zero-order chi connectivity index (χ0) is 27.5. The summed E-state index contributed by atoms with van der Waals surface area (Å²) in [5, 5.41) is 9.11. The number of nitrogens with zero attached hydrogens (tertiary/aromatic N) is 3. The third kappa shape index (κ3) is 5.80. The molecule has 2 unspecified atom stereocenters. The number of thioether (sulfide) groups is 1. The molecule has 10 heteroatoms. The number of hydrogen-bond acceptors (Lipinski definition) is 7. The first-order valence-electron chi connectivity index (χ1n) is 12.3. The van der Waals surface area contributed by atoms with Gasteiger partial charge in [0.2, 0.25) is 5.91 Å². The zero-order valence-electron chi connectivity index (χ0n) is 21.7. The van der Waals surface area contributed by atoms with Crippen LogP contribution >= 0.6 is 11.8 Å². The predicted octanol–water partition coefficient (Wildman–Crippen LogP) is 5.33. The Morgan fingerprint density at radius 3 is 2.51 bits per heavy atom. The van der Waals surface area contributed by atoms with Gasteiger partial charge in [0.1, 0.15) is 22.6 Å². The van der Waals surface area contributed by atoms with Crippen LogP contribution in [0.2, 0.25) is 0 Å². The number of carbonyl (C=O) groups is 2. The van der Waals surface area contributed by atoms with Crippen molar-refractivity contribution in [3.05, 3.63) is 89.2 Å². The number of amidine groups is 1. The second-order valence-electron chi connectivity index (χ2n) is 9.19. The Morgan fingerprint density at radius 2 is 1.82 bits per heavy atom. The summed E-state index contributed by atoms with van der Waals surface area (Å²) in [4.78, 5) is 29.8. The van der Waals surface area contributed by atoms with Crippen LogP contribution in [-0.4, -0.2) is 47.2 Å². The number of aliphatic imine (C=N–C) groups is 1. The quantitative estimate of drug-likeness (QED) is 0.431. The predicted molar refractivity (Wildman–Crippen MR) is 150 cm³/mol. The van der Waals surface area contributed by atoms with Crippen LogP contribution in [-0.2, 0) is 9.59 Å². The van der Waals surface area contributed by atoms with Gasteiger partial charge in [0.15, 0.2) is 5.17 Å². The molecule has 0 fully saturated rings. The fourth-order valence-corrected chi connectivity index (χ4v) is 5.52. The first kappa shape index (κ1) is 26.4. The summed E-state index contributed by atoms with van der Waals surface area (Å²) in [6, 6.07) is 19.0. The van der Waals surface area contributed by atoms with Crippen LogP contribution in [0.3, 0.4) is 0 Å². The van der Waals surface area contributed by atoms with Crippen LogP contribution in [0.5, 0.6) is 11.5 Å². The van der Waals surface area contributed by atoms with E-state index in [4.69, 9.17) is 14.6 Å². The summed E-state index contributed by atoms with van der Waals surface area (Å²) >= 11 is 1.22. The van der Waals surface area contributed by atoms with Crippen molar-refractivity contribution in [1.82, 2.24) is 5.01 Å². The Kier molecular flexibility index (Phi) is 7.65. The van der Waals surface area contributed by atoms with Gasteiger partial charge in [-0.25, -0.2) is 9.40 Å². The van der Waals surface area contributed by atoms with Crippen molar-refractivity contribution in [2.24, 2.45) is 10.1 Å². The third-order valence-electron chi connectivity index (χ3n) is 6.51. The Morgan fingerprint density at radius 1 is 1.08 bits per heavy atom. The maximum Gasteiger partial charge on any atom is 0.262 e. The monoisotopic (exact) mass is 546 g/mol. The highest BCUT2D eigenvalue weighted by Crippen LogP contribution is 2.40. The van der Waals surface area contributed by atoms with Gasteiger partial charge < -0.3 is 14.8 Å². The third-order valence-corrected chi connectivity index (χ3v) is 7.66. The molecule has 2 amide bonds. The molecule has 2 aliphatic rings. The zero-order valence-corrected chi connectivity index (χ0v) is 22.5. The highest BCUT2D eigenvalue weighted by atomic mass is 32.2. The molecule has 0 aromatic heterocycles.